The van der Waals surface area contributed by atoms with Crippen LogP contribution in [-0.2, 0) is 0 Å². The van der Waals surface area contributed by atoms with Crippen molar-refractivity contribution in [2.45, 2.75) is 38.3 Å². The predicted molar refractivity (Wildman–Crippen MR) is 73.4 cm³/mol. The predicted octanol–water partition coefficient (Wildman–Crippen LogP) is 2.57. The summed E-state index contributed by atoms with van der Waals surface area (Å²) in [7, 11) is 0. The molecule has 1 aromatic carbocycles. The van der Waals surface area contributed by atoms with Gasteiger partial charge in [-0.3, -0.25) is 4.79 Å². The van der Waals surface area contributed by atoms with Gasteiger partial charge >= 0.3 is 6.61 Å². The number of rotatable bonds is 5. The van der Waals surface area contributed by atoms with Crippen LogP contribution in [0.15, 0.2) is 24.3 Å². The van der Waals surface area contributed by atoms with E-state index in [-0.39, 0.29) is 35.8 Å². The number of carbonyl (C=O) groups is 1. The first-order chi connectivity index (χ1) is 10.1. The molecule has 0 aromatic heterocycles. The number of carbonyl (C=O) groups excluding carboxylic acids is 1. The first-order valence-corrected chi connectivity index (χ1v) is 7.06. The van der Waals surface area contributed by atoms with E-state index in [4.69, 9.17) is 0 Å². The number of benzene rings is 1. The highest BCUT2D eigenvalue weighted by Crippen LogP contribution is 2.24. The van der Waals surface area contributed by atoms with E-state index >= 15 is 0 Å². The van der Waals surface area contributed by atoms with Gasteiger partial charge in [-0.25, -0.2) is 0 Å². The van der Waals surface area contributed by atoms with Crippen molar-refractivity contribution in [2.75, 3.05) is 6.61 Å². The Morgan fingerprint density at radius 1 is 1.38 bits per heavy atom. The molecular formula is C15H19F2NO3. The fourth-order valence-corrected chi connectivity index (χ4v) is 2.68. The van der Waals surface area contributed by atoms with Crippen molar-refractivity contribution in [2.24, 2.45) is 5.92 Å². The third kappa shape index (κ3) is 4.39. The topological polar surface area (TPSA) is 58.6 Å². The lowest BCUT2D eigenvalue weighted by Crippen LogP contribution is -2.43. The summed E-state index contributed by atoms with van der Waals surface area (Å²) in [5.41, 5.74) is 0.274. The molecule has 21 heavy (non-hydrogen) atoms. The number of amides is 1. The molecule has 0 spiro atoms. The minimum atomic E-state index is -2.92. The maximum Gasteiger partial charge on any atom is 0.387 e. The maximum absolute atomic E-state index is 12.2. The molecule has 2 atom stereocenters. The van der Waals surface area contributed by atoms with Gasteiger partial charge in [-0.15, -0.1) is 0 Å². The second kappa shape index (κ2) is 7.36. The van der Waals surface area contributed by atoms with Crippen LogP contribution in [0.5, 0.6) is 5.75 Å². The summed E-state index contributed by atoms with van der Waals surface area (Å²) < 4.78 is 28.6. The number of nitrogens with one attached hydrogen (secondary N) is 1. The molecule has 0 saturated heterocycles. The second-order valence-corrected chi connectivity index (χ2v) is 5.21. The van der Waals surface area contributed by atoms with Gasteiger partial charge in [0.2, 0.25) is 0 Å². The van der Waals surface area contributed by atoms with E-state index in [0.717, 1.165) is 25.7 Å². The molecule has 1 aromatic rings. The van der Waals surface area contributed by atoms with Crippen LogP contribution in [0, 0.1) is 5.92 Å². The van der Waals surface area contributed by atoms with Gasteiger partial charge in [0.1, 0.15) is 5.75 Å². The van der Waals surface area contributed by atoms with Crippen molar-refractivity contribution in [1.29, 1.82) is 0 Å². The molecule has 4 nitrogen and oxygen atoms in total. The highest BCUT2D eigenvalue weighted by Gasteiger charge is 2.26. The first-order valence-electron chi connectivity index (χ1n) is 7.06. The van der Waals surface area contributed by atoms with Gasteiger partial charge in [-0.05, 0) is 31.0 Å². The van der Waals surface area contributed by atoms with Gasteiger partial charge in [-0.1, -0.05) is 18.9 Å². The zero-order chi connectivity index (χ0) is 15.2. The van der Waals surface area contributed by atoms with Crippen LogP contribution in [0.1, 0.15) is 36.0 Å². The molecule has 2 unspecified atom stereocenters. The van der Waals surface area contributed by atoms with Gasteiger partial charge in [0.25, 0.3) is 5.91 Å². The minimum Gasteiger partial charge on any atom is -0.435 e. The number of aliphatic hydroxyl groups excluding tert-OH is 1. The molecule has 116 valence electrons. The Kier molecular flexibility index (Phi) is 5.50. The average Bonchev–Trinajstić information content (AvgIpc) is 2.47. The lowest BCUT2D eigenvalue weighted by molar-refractivity contribution is -0.0498. The van der Waals surface area contributed by atoms with E-state index in [1.807, 2.05) is 0 Å². The number of hydrogen-bond donors (Lipinski definition) is 2. The van der Waals surface area contributed by atoms with E-state index in [1.54, 1.807) is 6.07 Å². The third-order valence-electron chi connectivity index (χ3n) is 3.78. The van der Waals surface area contributed by atoms with E-state index in [9.17, 15) is 18.7 Å². The van der Waals surface area contributed by atoms with Crippen molar-refractivity contribution in [3.63, 3.8) is 0 Å². The minimum absolute atomic E-state index is 0.0412. The Morgan fingerprint density at radius 2 is 2.14 bits per heavy atom. The van der Waals surface area contributed by atoms with Crippen LogP contribution in [0.4, 0.5) is 8.78 Å². The summed E-state index contributed by atoms with van der Waals surface area (Å²) in [5, 5.41) is 12.2. The van der Waals surface area contributed by atoms with Gasteiger partial charge in [0.05, 0.1) is 0 Å². The highest BCUT2D eigenvalue weighted by atomic mass is 19.3. The summed E-state index contributed by atoms with van der Waals surface area (Å²) in [4.78, 5) is 12.2. The van der Waals surface area contributed by atoms with Crippen molar-refractivity contribution < 1.29 is 23.4 Å². The van der Waals surface area contributed by atoms with E-state index < -0.39 is 6.61 Å². The molecule has 1 aliphatic rings. The monoisotopic (exact) mass is 299 g/mol. The lowest BCUT2D eigenvalue weighted by Gasteiger charge is -2.30. The zero-order valence-electron chi connectivity index (χ0n) is 11.6. The second-order valence-electron chi connectivity index (χ2n) is 5.21. The van der Waals surface area contributed by atoms with E-state index in [0.29, 0.717) is 0 Å². The van der Waals surface area contributed by atoms with Crippen LogP contribution < -0.4 is 10.1 Å². The zero-order valence-corrected chi connectivity index (χ0v) is 11.6. The fourth-order valence-electron chi connectivity index (χ4n) is 2.68. The molecule has 0 heterocycles. The van der Waals surface area contributed by atoms with Crippen molar-refractivity contribution in [1.82, 2.24) is 5.32 Å². The van der Waals surface area contributed by atoms with E-state index in [2.05, 4.69) is 10.1 Å². The number of hydrogen-bond acceptors (Lipinski definition) is 3. The molecule has 1 aliphatic carbocycles. The van der Waals surface area contributed by atoms with Crippen LogP contribution in [0.3, 0.4) is 0 Å². The molecule has 0 aliphatic heterocycles. The molecule has 2 N–H and O–H groups in total. The van der Waals surface area contributed by atoms with Gasteiger partial charge in [0, 0.05) is 24.1 Å². The SMILES string of the molecule is O=C(NC1CCCCC1CO)c1cccc(OC(F)F)c1. The molecule has 0 radical (unpaired) electrons. The first kappa shape index (κ1) is 15.7. The summed E-state index contributed by atoms with van der Waals surface area (Å²) in [5.74, 6) is -0.316. The van der Waals surface area contributed by atoms with Gasteiger partial charge in [0.15, 0.2) is 0 Å². The third-order valence-corrected chi connectivity index (χ3v) is 3.78. The van der Waals surface area contributed by atoms with Crippen LogP contribution >= 0.6 is 0 Å². The molecule has 6 heteroatoms. The van der Waals surface area contributed by atoms with Crippen molar-refractivity contribution in [3.8, 4) is 5.75 Å². The standard InChI is InChI=1S/C15H19F2NO3/c16-15(17)21-12-6-3-5-10(8-12)14(20)18-13-7-2-1-4-11(13)9-19/h3,5-6,8,11,13,15,19H,1-2,4,7,9H2,(H,18,20). The number of alkyl halides is 2. The summed E-state index contributed by atoms with van der Waals surface area (Å²) >= 11 is 0. The molecule has 1 saturated carbocycles. The Balaban J connectivity index is 2.02. The summed E-state index contributed by atoms with van der Waals surface area (Å²) in [6, 6.07) is 5.63. The normalized spacial score (nSPS) is 22.1. The Bertz CT molecular complexity index is 482. The molecule has 2 rings (SSSR count). The molecule has 1 fully saturated rings. The Labute approximate surface area is 122 Å². The highest BCUT2D eigenvalue weighted by molar-refractivity contribution is 5.94. The number of ether oxygens (including phenoxy) is 1. The summed E-state index contributed by atoms with van der Waals surface area (Å²) in [6.45, 7) is -2.88. The Hall–Kier alpha value is -1.69. The molecule has 0 bridgehead atoms. The summed E-state index contributed by atoms with van der Waals surface area (Å²) in [6.07, 6.45) is 3.77. The van der Waals surface area contributed by atoms with Crippen LogP contribution in [0.25, 0.3) is 0 Å². The molecule has 1 amide bonds. The number of halogens is 2. The maximum atomic E-state index is 12.2. The van der Waals surface area contributed by atoms with Gasteiger partial charge < -0.3 is 15.2 Å². The van der Waals surface area contributed by atoms with Gasteiger partial charge in [-0.2, -0.15) is 8.78 Å². The van der Waals surface area contributed by atoms with Crippen LogP contribution in [-0.4, -0.2) is 30.3 Å². The lowest BCUT2D eigenvalue weighted by atomic mass is 9.85. The van der Waals surface area contributed by atoms with Crippen LogP contribution in [0.2, 0.25) is 0 Å². The quantitative estimate of drug-likeness (QED) is 0.878. The van der Waals surface area contributed by atoms with Crippen molar-refractivity contribution in [3.05, 3.63) is 29.8 Å². The fraction of sp³-hybridized carbons (Fsp3) is 0.533. The average molecular weight is 299 g/mol. The number of aliphatic hydroxyl groups is 1. The smallest absolute Gasteiger partial charge is 0.387 e. The van der Waals surface area contributed by atoms with E-state index in [1.165, 1.54) is 18.2 Å². The molecular weight excluding hydrogens is 280 g/mol. The Morgan fingerprint density at radius 3 is 2.86 bits per heavy atom. The van der Waals surface area contributed by atoms with Crippen molar-refractivity contribution >= 4 is 5.91 Å². The largest absolute Gasteiger partial charge is 0.435 e.